The average molecular weight is 193 g/mol. The fourth-order valence-electron chi connectivity index (χ4n) is 1.71. The molecule has 0 radical (unpaired) electrons. The molecule has 0 saturated carbocycles. The molecule has 0 saturated heterocycles. The average Bonchev–Trinajstić information content (AvgIpc) is 2.61. The van der Waals surface area contributed by atoms with Gasteiger partial charge in [-0.15, -0.1) is 0 Å². The van der Waals surface area contributed by atoms with Crippen molar-refractivity contribution in [2.24, 2.45) is 0 Å². The van der Waals surface area contributed by atoms with Gasteiger partial charge in [-0.25, -0.2) is 4.98 Å². The monoisotopic (exact) mass is 193 g/mol. The first-order valence-electron chi connectivity index (χ1n) is 5.42. The first-order valence-corrected chi connectivity index (χ1v) is 5.42. The zero-order valence-corrected chi connectivity index (χ0v) is 9.28. The van der Waals surface area contributed by atoms with E-state index in [4.69, 9.17) is 0 Å². The normalized spacial score (nSPS) is 16.8. The van der Waals surface area contributed by atoms with Gasteiger partial charge in [0.25, 0.3) is 0 Å². The second-order valence-electron chi connectivity index (χ2n) is 4.67. The summed E-state index contributed by atoms with van der Waals surface area (Å²) in [5, 5.41) is 3.34. The van der Waals surface area contributed by atoms with Gasteiger partial charge >= 0.3 is 0 Å². The van der Waals surface area contributed by atoms with Crippen LogP contribution in [-0.4, -0.2) is 16.5 Å². The van der Waals surface area contributed by atoms with E-state index in [1.165, 1.54) is 11.4 Å². The van der Waals surface area contributed by atoms with Gasteiger partial charge in [-0.3, -0.25) is 0 Å². The molecule has 0 fully saturated rings. The van der Waals surface area contributed by atoms with Crippen molar-refractivity contribution in [3.8, 4) is 0 Å². The summed E-state index contributed by atoms with van der Waals surface area (Å²) in [6.45, 7) is 8.68. The van der Waals surface area contributed by atoms with E-state index in [-0.39, 0.29) is 5.41 Å². The van der Waals surface area contributed by atoms with Crippen LogP contribution in [-0.2, 0) is 18.4 Å². The first kappa shape index (κ1) is 9.71. The molecule has 78 valence electrons. The predicted molar refractivity (Wildman–Crippen MR) is 57.3 cm³/mol. The van der Waals surface area contributed by atoms with Crippen LogP contribution in [0.15, 0.2) is 0 Å². The molecule has 0 spiro atoms. The van der Waals surface area contributed by atoms with Gasteiger partial charge in [-0.1, -0.05) is 20.8 Å². The maximum atomic E-state index is 4.68. The highest BCUT2D eigenvalue weighted by atomic mass is 15.0. The number of fused-ring (bicyclic) bond motifs is 1. The molecule has 2 N–H and O–H groups in total. The molecule has 2 heterocycles. The number of rotatable bonds is 2. The Bertz CT molecular complexity index is 302. The summed E-state index contributed by atoms with van der Waals surface area (Å²) in [6, 6.07) is 0. The van der Waals surface area contributed by atoms with Crippen molar-refractivity contribution >= 4 is 0 Å². The number of hydrogen-bond donors (Lipinski definition) is 2. The van der Waals surface area contributed by atoms with Gasteiger partial charge in [0.15, 0.2) is 0 Å². The zero-order chi connectivity index (χ0) is 10.2. The maximum Gasteiger partial charge on any atom is 0.112 e. The molecule has 2 rings (SSSR count). The number of aromatic amines is 1. The maximum absolute atomic E-state index is 4.68. The number of hydrogen-bond acceptors (Lipinski definition) is 2. The number of H-pyrrole nitrogens is 1. The summed E-state index contributed by atoms with van der Waals surface area (Å²) < 4.78 is 0. The van der Waals surface area contributed by atoms with E-state index < -0.39 is 0 Å². The number of nitrogens with zero attached hydrogens (tertiary/aromatic N) is 1. The lowest BCUT2D eigenvalue weighted by Gasteiger charge is -2.19. The largest absolute Gasteiger partial charge is 0.345 e. The van der Waals surface area contributed by atoms with Gasteiger partial charge in [-0.05, 0) is 6.42 Å². The lowest BCUT2D eigenvalue weighted by Crippen LogP contribution is -2.23. The molecule has 0 unspecified atom stereocenters. The molecule has 3 nitrogen and oxygen atoms in total. The van der Waals surface area contributed by atoms with Crippen molar-refractivity contribution in [2.75, 3.05) is 6.54 Å². The van der Waals surface area contributed by atoms with Crippen molar-refractivity contribution in [1.29, 1.82) is 0 Å². The van der Waals surface area contributed by atoms with Crippen LogP contribution in [0, 0.1) is 0 Å². The zero-order valence-electron chi connectivity index (χ0n) is 9.28. The quantitative estimate of drug-likeness (QED) is 0.751. The van der Waals surface area contributed by atoms with Crippen molar-refractivity contribution in [2.45, 2.75) is 45.6 Å². The van der Waals surface area contributed by atoms with Crippen LogP contribution in [0.2, 0.25) is 0 Å². The Morgan fingerprint density at radius 1 is 1.43 bits per heavy atom. The summed E-state index contributed by atoms with van der Waals surface area (Å²) >= 11 is 0. The van der Waals surface area contributed by atoms with Gasteiger partial charge in [0.1, 0.15) is 5.82 Å². The van der Waals surface area contributed by atoms with Crippen molar-refractivity contribution in [3.05, 3.63) is 17.2 Å². The van der Waals surface area contributed by atoms with Gasteiger partial charge in [-0.2, -0.15) is 0 Å². The molecule has 0 aliphatic carbocycles. The Morgan fingerprint density at radius 2 is 2.21 bits per heavy atom. The van der Waals surface area contributed by atoms with Crippen LogP contribution in [0.5, 0.6) is 0 Å². The van der Waals surface area contributed by atoms with Crippen LogP contribution >= 0.6 is 0 Å². The van der Waals surface area contributed by atoms with E-state index in [0.717, 1.165) is 31.8 Å². The third-order valence-electron chi connectivity index (χ3n) is 3.23. The highest BCUT2D eigenvalue weighted by molar-refractivity contribution is 5.20. The van der Waals surface area contributed by atoms with Crippen molar-refractivity contribution < 1.29 is 0 Å². The summed E-state index contributed by atoms with van der Waals surface area (Å²) in [5.74, 6) is 1.15. The molecule has 0 aromatic carbocycles. The molecule has 3 heteroatoms. The summed E-state index contributed by atoms with van der Waals surface area (Å²) in [7, 11) is 0. The Morgan fingerprint density at radius 3 is 2.86 bits per heavy atom. The van der Waals surface area contributed by atoms with Crippen LogP contribution in [0.3, 0.4) is 0 Å². The standard InChI is InChI=1S/C11H19N3/c1-4-11(2,3)10-13-8-5-6-12-7-9(8)14-10/h12H,4-7H2,1-3H3,(H,13,14). The first-order chi connectivity index (χ1) is 6.63. The minimum atomic E-state index is 0.178. The van der Waals surface area contributed by atoms with Crippen molar-refractivity contribution in [1.82, 2.24) is 15.3 Å². The second-order valence-corrected chi connectivity index (χ2v) is 4.67. The summed E-state index contributed by atoms with van der Waals surface area (Å²) in [5.41, 5.74) is 2.73. The predicted octanol–water partition coefficient (Wildman–Crippen LogP) is 1.74. The molecular weight excluding hydrogens is 174 g/mol. The van der Waals surface area contributed by atoms with E-state index in [1.54, 1.807) is 0 Å². The molecule has 14 heavy (non-hydrogen) atoms. The Hall–Kier alpha value is -0.830. The van der Waals surface area contributed by atoms with E-state index in [9.17, 15) is 0 Å². The van der Waals surface area contributed by atoms with Gasteiger partial charge < -0.3 is 10.3 Å². The summed E-state index contributed by atoms with van der Waals surface area (Å²) in [4.78, 5) is 8.15. The van der Waals surface area contributed by atoms with Gasteiger partial charge in [0, 0.05) is 30.6 Å². The van der Waals surface area contributed by atoms with E-state index >= 15 is 0 Å². The SMILES string of the molecule is CCC(C)(C)c1nc2c([nH]1)CCNC2. The van der Waals surface area contributed by atoms with E-state index in [0.29, 0.717) is 0 Å². The molecule has 0 atom stereocenters. The lowest BCUT2D eigenvalue weighted by molar-refractivity contribution is 0.476. The second kappa shape index (κ2) is 3.39. The Balaban J connectivity index is 2.32. The third-order valence-corrected chi connectivity index (χ3v) is 3.23. The number of nitrogens with one attached hydrogen (secondary N) is 2. The highest BCUT2D eigenvalue weighted by Crippen LogP contribution is 2.25. The minimum Gasteiger partial charge on any atom is -0.345 e. The molecule has 0 amide bonds. The molecule has 1 aliphatic heterocycles. The Labute approximate surface area is 85.3 Å². The van der Waals surface area contributed by atoms with Crippen molar-refractivity contribution in [3.63, 3.8) is 0 Å². The van der Waals surface area contributed by atoms with Crippen LogP contribution < -0.4 is 5.32 Å². The molecule has 1 aromatic rings. The summed E-state index contributed by atoms with van der Waals surface area (Å²) in [6.07, 6.45) is 2.20. The van der Waals surface area contributed by atoms with Crippen LogP contribution in [0.25, 0.3) is 0 Å². The topological polar surface area (TPSA) is 40.7 Å². The molecule has 1 aliphatic rings. The fourth-order valence-corrected chi connectivity index (χ4v) is 1.71. The minimum absolute atomic E-state index is 0.178. The van der Waals surface area contributed by atoms with Crippen LogP contribution in [0.1, 0.15) is 44.4 Å². The molecule has 1 aromatic heterocycles. The van der Waals surface area contributed by atoms with Gasteiger partial charge in [0.2, 0.25) is 0 Å². The van der Waals surface area contributed by atoms with E-state index in [1.807, 2.05) is 0 Å². The molecule has 0 bridgehead atoms. The number of imidazole rings is 1. The molecular formula is C11H19N3. The number of aromatic nitrogens is 2. The fraction of sp³-hybridized carbons (Fsp3) is 0.727. The third kappa shape index (κ3) is 1.57. The Kier molecular flexibility index (Phi) is 2.35. The highest BCUT2D eigenvalue weighted by Gasteiger charge is 2.24. The van der Waals surface area contributed by atoms with E-state index in [2.05, 4.69) is 36.1 Å². The smallest absolute Gasteiger partial charge is 0.112 e. The van der Waals surface area contributed by atoms with Crippen LogP contribution in [0.4, 0.5) is 0 Å². The van der Waals surface area contributed by atoms with Gasteiger partial charge in [0.05, 0.1) is 5.69 Å². The lowest BCUT2D eigenvalue weighted by atomic mass is 9.89.